The molecule has 0 spiro atoms. The number of carbonyl (C=O) groups excluding carboxylic acids is 5. The van der Waals surface area contributed by atoms with Gasteiger partial charge in [-0.05, 0) is 99.9 Å². The first-order chi connectivity index (χ1) is 25.8. The second-order valence-electron chi connectivity index (χ2n) is 14.2. The third kappa shape index (κ3) is 8.21. The fourth-order valence-corrected chi connectivity index (χ4v) is 7.09. The van der Waals surface area contributed by atoms with Crippen molar-refractivity contribution in [2.75, 3.05) is 39.0 Å². The number of benzene rings is 4. The Hall–Kier alpha value is -6.20. The molecule has 2 heterocycles. The number of para-hydroxylation sites is 1. The zero-order valence-corrected chi connectivity index (χ0v) is 31.2. The number of hydrogen-bond donors (Lipinski definition) is 2. The Labute approximate surface area is 314 Å². The number of Topliss-reactive ketones (excluding diaryl/α,β-unsaturated/α-hetero) is 1. The fourth-order valence-electron chi connectivity index (χ4n) is 7.09. The lowest BCUT2D eigenvalue weighted by Crippen LogP contribution is -2.42. The molecule has 4 amide bonds. The minimum Gasteiger partial charge on any atom is -0.368 e. The van der Waals surface area contributed by atoms with Crippen LogP contribution in [0.2, 0.25) is 0 Å². The molecule has 5 aromatic rings. The first kappa shape index (κ1) is 37.6. The Morgan fingerprint density at radius 2 is 1.57 bits per heavy atom. The van der Waals surface area contributed by atoms with Crippen LogP contribution in [0.5, 0.6) is 0 Å². The summed E-state index contributed by atoms with van der Waals surface area (Å²) < 4.78 is 0. The minimum absolute atomic E-state index is 0.196. The molecule has 11 heteroatoms. The number of aromatic nitrogens is 1. The highest BCUT2D eigenvalue weighted by molar-refractivity contribution is 6.47. The Morgan fingerprint density at radius 1 is 0.870 bits per heavy atom. The van der Waals surface area contributed by atoms with E-state index in [1.807, 2.05) is 94.4 Å². The van der Waals surface area contributed by atoms with E-state index < -0.39 is 23.6 Å². The zero-order valence-electron chi connectivity index (χ0n) is 31.2. The van der Waals surface area contributed by atoms with E-state index in [4.69, 9.17) is 10.7 Å². The standard InChI is InChI=1S/C43H44N6O5/c1-26-20-27(2)39(28(3)21-26)40(51)41(52)45-33-16-14-32-22-37(36-17-15-30-8-6-7-9-35(30)46-36)49(43(54)34(32)23-33)24-29-10-12-31(13-11-29)42(53)48(25-38(44)50)19-18-47(4)5/h6-17,20-21,23,37H,18-19,22,24-25H2,1-5H3,(H2,44,50)(H,45,52). The number of nitrogens with two attached hydrogens (primary N) is 1. The number of aryl methyl sites for hydroxylation is 3. The van der Waals surface area contributed by atoms with Gasteiger partial charge in [0.25, 0.3) is 23.5 Å². The number of ketones is 1. The van der Waals surface area contributed by atoms with Crippen molar-refractivity contribution in [1.82, 2.24) is 19.7 Å². The molecule has 1 aliphatic rings. The summed E-state index contributed by atoms with van der Waals surface area (Å²) >= 11 is 0. The van der Waals surface area contributed by atoms with Gasteiger partial charge in [0, 0.05) is 47.4 Å². The third-order valence-corrected chi connectivity index (χ3v) is 9.73. The molecule has 0 aliphatic carbocycles. The van der Waals surface area contributed by atoms with E-state index in [1.165, 1.54) is 4.90 Å². The van der Waals surface area contributed by atoms with E-state index in [0.29, 0.717) is 41.9 Å². The molecule has 1 atom stereocenters. The average molecular weight is 725 g/mol. The fraction of sp³-hybridized carbons (Fsp3) is 0.256. The lowest BCUT2D eigenvalue weighted by Gasteiger charge is -2.37. The number of anilines is 1. The Morgan fingerprint density at radius 3 is 2.26 bits per heavy atom. The van der Waals surface area contributed by atoms with Crippen LogP contribution in [0.3, 0.4) is 0 Å². The van der Waals surface area contributed by atoms with Crippen LogP contribution in [0.4, 0.5) is 5.69 Å². The van der Waals surface area contributed by atoms with Gasteiger partial charge < -0.3 is 25.8 Å². The summed E-state index contributed by atoms with van der Waals surface area (Å²) in [6.07, 6.45) is 0.464. The molecule has 0 saturated heterocycles. The summed E-state index contributed by atoms with van der Waals surface area (Å²) in [7, 11) is 3.77. The molecule has 54 heavy (non-hydrogen) atoms. The number of fused-ring (bicyclic) bond motifs is 2. The van der Waals surface area contributed by atoms with Crippen LogP contribution in [0.15, 0.2) is 91.0 Å². The van der Waals surface area contributed by atoms with E-state index in [-0.39, 0.29) is 24.9 Å². The maximum Gasteiger partial charge on any atom is 0.296 e. The first-order valence-electron chi connectivity index (χ1n) is 17.8. The SMILES string of the molecule is Cc1cc(C)c(C(=O)C(=O)Nc2ccc3c(c2)C(=O)N(Cc2ccc(C(=O)N(CCN(C)C)CC(N)=O)cc2)C(c2ccc4ccccc4n2)C3)c(C)c1. The van der Waals surface area contributed by atoms with Crippen LogP contribution in [-0.4, -0.2) is 82.8 Å². The van der Waals surface area contributed by atoms with Crippen LogP contribution in [0, 0.1) is 20.8 Å². The highest BCUT2D eigenvalue weighted by Gasteiger charge is 2.35. The van der Waals surface area contributed by atoms with Crippen molar-refractivity contribution < 1.29 is 24.0 Å². The molecule has 3 N–H and O–H groups in total. The number of amides is 4. The predicted octanol–water partition coefficient (Wildman–Crippen LogP) is 5.41. The molecule has 0 saturated carbocycles. The van der Waals surface area contributed by atoms with Gasteiger partial charge in [-0.3, -0.25) is 29.0 Å². The predicted molar refractivity (Wildman–Crippen MR) is 208 cm³/mol. The second kappa shape index (κ2) is 15.8. The number of carbonyl (C=O) groups is 5. The summed E-state index contributed by atoms with van der Waals surface area (Å²) in [6.45, 7) is 6.47. The highest BCUT2D eigenvalue weighted by atomic mass is 16.2. The number of primary amides is 1. The quantitative estimate of drug-likeness (QED) is 0.129. The zero-order chi connectivity index (χ0) is 38.7. The van der Waals surface area contributed by atoms with Crippen molar-refractivity contribution >= 4 is 46.0 Å². The maximum absolute atomic E-state index is 14.5. The largest absolute Gasteiger partial charge is 0.368 e. The molecule has 1 unspecified atom stereocenters. The molecular formula is C43H44N6O5. The van der Waals surface area contributed by atoms with Gasteiger partial charge in [-0.15, -0.1) is 0 Å². The van der Waals surface area contributed by atoms with Crippen LogP contribution in [-0.2, 0) is 22.6 Å². The number of pyridine rings is 1. The summed E-state index contributed by atoms with van der Waals surface area (Å²) in [5, 5.41) is 3.70. The van der Waals surface area contributed by atoms with Crippen molar-refractivity contribution in [3.05, 3.63) is 141 Å². The molecule has 1 aliphatic heterocycles. The number of nitrogens with one attached hydrogen (secondary N) is 1. The van der Waals surface area contributed by atoms with Crippen molar-refractivity contribution in [3.63, 3.8) is 0 Å². The molecule has 11 nitrogen and oxygen atoms in total. The minimum atomic E-state index is -0.783. The van der Waals surface area contributed by atoms with Gasteiger partial charge in [0.05, 0.1) is 23.8 Å². The van der Waals surface area contributed by atoms with Crippen molar-refractivity contribution in [3.8, 4) is 0 Å². The Kier molecular flexibility index (Phi) is 11.0. The van der Waals surface area contributed by atoms with E-state index in [0.717, 1.165) is 44.4 Å². The molecule has 1 aromatic heterocycles. The first-order valence-corrected chi connectivity index (χ1v) is 17.8. The van der Waals surface area contributed by atoms with E-state index >= 15 is 0 Å². The maximum atomic E-state index is 14.5. The van der Waals surface area contributed by atoms with Crippen LogP contribution in [0.25, 0.3) is 10.9 Å². The van der Waals surface area contributed by atoms with E-state index in [1.54, 1.807) is 41.3 Å². The molecule has 4 aromatic carbocycles. The normalized spacial score (nSPS) is 13.9. The van der Waals surface area contributed by atoms with Gasteiger partial charge in [-0.1, -0.05) is 60.2 Å². The topological polar surface area (TPSA) is 146 Å². The lowest BCUT2D eigenvalue weighted by molar-refractivity contribution is -0.118. The highest BCUT2D eigenvalue weighted by Crippen LogP contribution is 2.36. The average Bonchev–Trinajstić information content (AvgIpc) is 3.13. The van der Waals surface area contributed by atoms with Gasteiger partial charge in [0.15, 0.2) is 0 Å². The van der Waals surface area contributed by atoms with Crippen LogP contribution < -0.4 is 11.1 Å². The van der Waals surface area contributed by atoms with Crippen molar-refractivity contribution in [1.29, 1.82) is 0 Å². The molecule has 276 valence electrons. The summed E-state index contributed by atoms with van der Waals surface area (Å²) in [5.41, 5.74) is 12.5. The molecule has 0 bridgehead atoms. The third-order valence-electron chi connectivity index (χ3n) is 9.73. The second-order valence-corrected chi connectivity index (χ2v) is 14.2. The van der Waals surface area contributed by atoms with Gasteiger partial charge in [-0.25, -0.2) is 0 Å². The van der Waals surface area contributed by atoms with Gasteiger partial charge in [-0.2, -0.15) is 0 Å². The number of nitrogens with zero attached hydrogens (tertiary/aromatic N) is 4. The van der Waals surface area contributed by atoms with Crippen molar-refractivity contribution in [2.24, 2.45) is 5.73 Å². The lowest BCUT2D eigenvalue weighted by atomic mass is 9.90. The van der Waals surface area contributed by atoms with Gasteiger partial charge in [0.2, 0.25) is 5.91 Å². The summed E-state index contributed by atoms with van der Waals surface area (Å²) in [6, 6.07) is 27.2. The molecular weight excluding hydrogens is 681 g/mol. The monoisotopic (exact) mass is 724 g/mol. The van der Waals surface area contributed by atoms with Crippen LogP contribution in [0.1, 0.15) is 70.6 Å². The number of likely N-dealkylation sites (N-methyl/N-ethyl adjacent to an activating group) is 1. The summed E-state index contributed by atoms with van der Waals surface area (Å²) in [5.74, 6) is -2.60. The Bertz CT molecular complexity index is 2260. The van der Waals surface area contributed by atoms with Gasteiger partial charge in [0.1, 0.15) is 0 Å². The van der Waals surface area contributed by atoms with Crippen LogP contribution >= 0.6 is 0 Å². The van der Waals surface area contributed by atoms with E-state index in [2.05, 4.69) is 5.32 Å². The Balaban J connectivity index is 1.29. The van der Waals surface area contributed by atoms with E-state index in [9.17, 15) is 24.0 Å². The molecule has 0 fully saturated rings. The summed E-state index contributed by atoms with van der Waals surface area (Å²) in [4.78, 5) is 76.2. The van der Waals surface area contributed by atoms with Gasteiger partial charge >= 0.3 is 0 Å². The van der Waals surface area contributed by atoms with Crippen molar-refractivity contribution in [2.45, 2.75) is 39.8 Å². The smallest absolute Gasteiger partial charge is 0.296 e. The molecule has 0 radical (unpaired) electrons. The number of hydrogen-bond acceptors (Lipinski definition) is 7. The molecule has 6 rings (SSSR count). The number of rotatable bonds is 12.